The second-order valence-corrected chi connectivity index (χ2v) is 7.12. The van der Waals surface area contributed by atoms with Gasteiger partial charge in [0, 0.05) is 5.75 Å². The Morgan fingerprint density at radius 3 is 1.48 bits per heavy atom. The summed E-state index contributed by atoms with van der Waals surface area (Å²) in [5.41, 5.74) is 0. The summed E-state index contributed by atoms with van der Waals surface area (Å²) in [6, 6.07) is 0. The second-order valence-electron chi connectivity index (χ2n) is 6.76. The van der Waals surface area contributed by atoms with Gasteiger partial charge in [0.1, 0.15) is 0 Å². The van der Waals surface area contributed by atoms with Gasteiger partial charge in [0.25, 0.3) is 0 Å². The van der Waals surface area contributed by atoms with Crippen LogP contribution in [0.5, 0.6) is 0 Å². The van der Waals surface area contributed by atoms with E-state index in [1.165, 1.54) is 25.7 Å². The lowest BCUT2D eigenvalue weighted by molar-refractivity contribution is -0.642. The Bertz CT molecular complexity index is 280. The summed E-state index contributed by atoms with van der Waals surface area (Å²) in [5, 5.41) is 0. The molecule has 0 aliphatic carbocycles. The Balaban J connectivity index is 4.92. The smallest absolute Gasteiger partial charge is 0.231 e. The highest BCUT2D eigenvalue weighted by Gasteiger charge is 2.47. The zero-order valence-corrected chi connectivity index (χ0v) is 18.8. The first-order valence-electron chi connectivity index (χ1n) is 10.7. The summed E-state index contributed by atoms with van der Waals surface area (Å²) in [7, 11) is 0. The molecule has 0 saturated carbocycles. The van der Waals surface area contributed by atoms with Gasteiger partial charge < -0.3 is 0 Å². The fourth-order valence-electron chi connectivity index (χ4n) is 2.42. The van der Waals surface area contributed by atoms with Gasteiger partial charge >= 0.3 is 5.97 Å². The molecule has 0 aliphatic heterocycles. The zero-order valence-electron chi connectivity index (χ0n) is 17.9. The van der Waals surface area contributed by atoms with Gasteiger partial charge in [0.2, 0.25) is 0 Å². The summed E-state index contributed by atoms with van der Waals surface area (Å²) < 4.78 is 0. The van der Waals surface area contributed by atoms with E-state index in [0.717, 1.165) is 38.5 Å². The first kappa shape index (κ1) is 27.1. The van der Waals surface area contributed by atoms with Gasteiger partial charge in [-0.05, 0) is 25.7 Å². The third kappa shape index (κ3) is 13.0. The van der Waals surface area contributed by atoms with Crippen LogP contribution in [0.2, 0.25) is 0 Å². The molecule has 0 aromatic heterocycles. The summed E-state index contributed by atoms with van der Waals surface area (Å²) in [5.74, 6) is -1.28. The van der Waals surface area contributed by atoms with Crippen molar-refractivity contribution in [2.45, 2.75) is 97.9 Å². The van der Waals surface area contributed by atoms with Gasteiger partial charge in [-0.25, -0.2) is 14.7 Å². The van der Waals surface area contributed by atoms with Gasteiger partial charge in [-0.1, -0.05) is 66.2 Å². The van der Waals surface area contributed by atoms with Crippen LogP contribution in [0.15, 0.2) is 0 Å². The lowest BCUT2D eigenvalue weighted by Gasteiger charge is -2.34. The van der Waals surface area contributed by atoms with Crippen molar-refractivity contribution in [2.75, 3.05) is 25.6 Å². The van der Waals surface area contributed by atoms with Crippen LogP contribution in [0.4, 0.5) is 0 Å². The molecule has 27 heavy (non-hydrogen) atoms. The van der Waals surface area contributed by atoms with Crippen molar-refractivity contribution in [3.63, 3.8) is 0 Å². The first-order chi connectivity index (χ1) is 13.2. The monoisotopic (exact) mass is 410 g/mol. The van der Waals surface area contributed by atoms with Crippen LogP contribution >= 0.6 is 12.6 Å². The molecule has 0 aromatic rings. The molecular formula is C20H42O6S. The average Bonchev–Trinajstić information content (AvgIpc) is 2.67. The maximum Gasteiger partial charge on any atom is 0.369 e. The van der Waals surface area contributed by atoms with E-state index in [4.69, 9.17) is 29.3 Å². The summed E-state index contributed by atoms with van der Waals surface area (Å²) in [6.45, 7) is 9.49. The summed E-state index contributed by atoms with van der Waals surface area (Å²) in [4.78, 5) is 32.6. The fraction of sp³-hybridized carbons (Fsp3) is 1.00. The molecule has 0 radical (unpaired) electrons. The molecule has 0 fully saturated rings. The standard InChI is InChI=1S/C20H42O6S/c1-5-9-10-11-12-13-14-19(18-27)20(24-21-15-6-2,25-22-16-7-3)26-23-17-8-4/h19,27H,5-18H2,1-4H3. The van der Waals surface area contributed by atoms with E-state index in [1.54, 1.807) is 0 Å². The lowest BCUT2D eigenvalue weighted by Crippen LogP contribution is -2.47. The fourth-order valence-corrected chi connectivity index (χ4v) is 2.82. The third-order valence-electron chi connectivity index (χ3n) is 4.01. The Morgan fingerprint density at radius 2 is 1.07 bits per heavy atom. The van der Waals surface area contributed by atoms with Crippen molar-refractivity contribution < 1.29 is 29.3 Å². The van der Waals surface area contributed by atoms with Crippen LogP contribution in [0.1, 0.15) is 91.9 Å². The van der Waals surface area contributed by atoms with Gasteiger partial charge in [-0.2, -0.15) is 27.3 Å². The Hall–Kier alpha value is 0.110. The zero-order chi connectivity index (χ0) is 20.2. The molecule has 6 nitrogen and oxygen atoms in total. The predicted octanol–water partition coefficient (Wildman–Crippen LogP) is 6.01. The highest BCUT2D eigenvalue weighted by atomic mass is 32.1. The van der Waals surface area contributed by atoms with Crippen LogP contribution in [0.3, 0.4) is 0 Å². The van der Waals surface area contributed by atoms with E-state index in [-0.39, 0.29) is 5.92 Å². The van der Waals surface area contributed by atoms with Gasteiger partial charge in [0.05, 0.1) is 25.7 Å². The highest BCUT2D eigenvalue weighted by molar-refractivity contribution is 7.80. The molecule has 1 unspecified atom stereocenters. The van der Waals surface area contributed by atoms with Crippen molar-refractivity contribution in [2.24, 2.45) is 5.92 Å². The quantitative estimate of drug-likeness (QED) is 0.0822. The molecule has 0 aliphatic rings. The molecular weight excluding hydrogens is 368 g/mol. The summed E-state index contributed by atoms with van der Waals surface area (Å²) in [6.07, 6.45) is 10.5. The molecule has 1 atom stereocenters. The molecule has 164 valence electrons. The lowest BCUT2D eigenvalue weighted by atomic mass is 9.99. The van der Waals surface area contributed by atoms with Crippen molar-refractivity contribution in [3.05, 3.63) is 0 Å². The highest BCUT2D eigenvalue weighted by Crippen LogP contribution is 2.32. The number of hydrogen-bond acceptors (Lipinski definition) is 7. The molecule has 0 amide bonds. The maximum absolute atomic E-state index is 5.57. The Morgan fingerprint density at radius 1 is 0.630 bits per heavy atom. The van der Waals surface area contributed by atoms with E-state index < -0.39 is 5.97 Å². The van der Waals surface area contributed by atoms with Crippen molar-refractivity contribution in [1.29, 1.82) is 0 Å². The van der Waals surface area contributed by atoms with Gasteiger partial charge in [-0.3, -0.25) is 0 Å². The predicted molar refractivity (Wildman–Crippen MR) is 110 cm³/mol. The van der Waals surface area contributed by atoms with Gasteiger partial charge in [-0.15, -0.1) is 0 Å². The molecule has 0 heterocycles. The summed E-state index contributed by atoms with van der Waals surface area (Å²) >= 11 is 4.50. The van der Waals surface area contributed by atoms with Crippen molar-refractivity contribution in [3.8, 4) is 0 Å². The molecule has 0 saturated heterocycles. The van der Waals surface area contributed by atoms with Gasteiger partial charge in [0.15, 0.2) is 0 Å². The number of rotatable bonds is 21. The van der Waals surface area contributed by atoms with Crippen LogP contribution in [-0.4, -0.2) is 31.5 Å². The Labute approximate surface area is 171 Å². The number of unbranched alkanes of at least 4 members (excludes halogenated alkanes) is 5. The molecule has 0 bridgehead atoms. The Kier molecular flexibility index (Phi) is 19.5. The number of hydrogen-bond donors (Lipinski definition) is 1. The van der Waals surface area contributed by atoms with Crippen molar-refractivity contribution in [1.82, 2.24) is 0 Å². The van der Waals surface area contributed by atoms with Crippen LogP contribution < -0.4 is 0 Å². The van der Waals surface area contributed by atoms with Crippen molar-refractivity contribution >= 4 is 12.6 Å². The van der Waals surface area contributed by atoms with E-state index in [9.17, 15) is 0 Å². The maximum atomic E-state index is 5.57. The number of thiol groups is 1. The third-order valence-corrected chi connectivity index (χ3v) is 4.45. The van der Waals surface area contributed by atoms with Crippen LogP contribution in [-0.2, 0) is 29.3 Å². The van der Waals surface area contributed by atoms with E-state index in [1.807, 2.05) is 20.8 Å². The normalized spacial score (nSPS) is 13.2. The van der Waals surface area contributed by atoms with Crippen LogP contribution in [0, 0.1) is 5.92 Å². The van der Waals surface area contributed by atoms with Crippen LogP contribution in [0.25, 0.3) is 0 Å². The molecule has 0 aromatic carbocycles. The van der Waals surface area contributed by atoms with E-state index in [0.29, 0.717) is 25.6 Å². The van der Waals surface area contributed by atoms with E-state index >= 15 is 0 Å². The first-order valence-corrected chi connectivity index (χ1v) is 11.4. The minimum absolute atomic E-state index is 0.197. The molecule has 7 heteroatoms. The minimum atomic E-state index is -1.58. The largest absolute Gasteiger partial charge is 0.369 e. The van der Waals surface area contributed by atoms with E-state index in [2.05, 4.69) is 19.6 Å². The molecule has 0 N–H and O–H groups in total. The average molecular weight is 411 g/mol. The molecule has 0 spiro atoms. The SMILES string of the molecule is CCCCCCCCC(CS)C(OOCCC)(OOCCC)OOCCC. The second kappa shape index (κ2) is 19.4. The molecule has 0 rings (SSSR count). The minimum Gasteiger partial charge on any atom is -0.231 e. The topological polar surface area (TPSA) is 55.4 Å².